The van der Waals surface area contributed by atoms with Crippen molar-refractivity contribution in [2.24, 2.45) is 5.10 Å². The molecule has 4 heteroatoms. The molecule has 4 nitrogen and oxygen atoms in total. The molecule has 1 aromatic heterocycles. The van der Waals surface area contributed by atoms with Crippen LogP contribution in [0.5, 0.6) is 0 Å². The molecular formula is C14H13N3O. The SMILES string of the molecule is CC(=NNC(=O)c1ccccc1)c1ccncc1. The van der Waals surface area contributed by atoms with Crippen molar-refractivity contribution in [3.63, 3.8) is 0 Å². The second-order valence-electron chi connectivity index (χ2n) is 3.74. The molecule has 0 radical (unpaired) electrons. The van der Waals surface area contributed by atoms with Crippen LogP contribution in [0.4, 0.5) is 0 Å². The minimum atomic E-state index is -0.219. The second kappa shape index (κ2) is 5.72. The first kappa shape index (κ1) is 12.0. The van der Waals surface area contributed by atoms with Crippen molar-refractivity contribution < 1.29 is 4.79 Å². The smallest absolute Gasteiger partial charge is 0.267 e. The van der Waals surface area contributed by atoms with E-state index in [1.807, 2.05) is 37.3 Å². The summed E-state index contributed by atoms with van der Waals surface area (Å²) < 4.78 is 0. The summed E-state index contributed by atoms with van der Waals surface area (Å²) in [6, 6.07) is 12.7. The first-order valence-corrected chi connectivity index (χ1v) is 5.57. The van der Waals surface area contributed by atoms with Gasteiger partial charge in [0.05, 0.1) is 5.71 Å². The van der Waals surface area contributed by atoms with Crippen LogP contribution in [-0.2, 0) is 0 Å². The molecule has 1 aromatic carbocycles. The van der Waals surface area contributed by atoms with E-state index < -0.39 is 0 Å². The molecule has 2 rings (SSSR count). The van der Waals surface area contributed by atoms with E-state index in [0.29, 0.717) is 5.56 Å². The lowest BCUT2D eigenvalue weighted by atomic mass is 10.2. The van der Waals surface area contributed by atoms with Gasteiger partial charge in [0.1, 0.15) is 0 Å². The van der Waals surface area contributed by atoms with Crippen LogP contribution in [0.3, 0.4) is 0 Å². The van der Waals surface area contributed by atoms with Crippen molar-refractivity contribution in [2.75, 3.05) is 0 Å². The Labute approximate surface area is 105 Å². The van der Waals surface area contributed by atoms with E-state index in [-0.39, 0.29) is 5.91 Å². The number of rotatable bonds is 3. The lowest BCUT2D eigenvalue weighted by Gasteiger charge is -2.02. The highest BCUT2D eigenvalue weighted by Crippen LogP contribution is 2.00. The van der Waals surface area contributed by atoms with Gasteiger partial charge in [-0.3, -0.25) is 9.78 Å². The largest absolute Gasteiger partial charge is 0.271 e. The van der Waals surface area contributed by atoms with Gasteiger partial charge < -0.3 is 0 Å². The molecule has 0 saturated carbocycles. The molecular weight excluding hydrogens is 226 g/mol. The monoisotopic (exact) mass is 239 g/mol. The number of aromatic nitrogens is 1. The number of hydrogen-bond donors (Lipinski definition) is 1. The molecule has 0 bridgehead atoms. The van der Waals surface area contributed by atoms with Crippen molar-refractivity contribution in [2.45, 2.75) is 6.92 Å². The molecule has 0 fully saturated rings. The molecule has 1 amide bonds. The first-order valence-electron chi connectivity index (χ1n) is 5.57. The Balaban J connectivity index is 2.05. The van der Waals surface area contributed by atoms with Gasteiger partial charge in [-0.15, -0.1) is 0 Å². The van der Waals surface area contributed by atoms with Gasteiger partial charge >= 0.3 is 0 Å². The molecule has 0 atom stereocenters. The van der Waals surface area contributed by atoms with Crippen molar-refractivity contribution in [1.29, 1.82) is 0 Å². The van der Waals surface area contributed by atoms with Gasteiger partial charge in [0, 0.05) is 23.5 Å². The maximum Gasteiger partial charge on any atom is 0.271 e. The summed E-state index contributed by atoms with van der Waals surface area (Å²) >= 11 is 0. The molecule has 18 heavy (non-hydrogen) atoms. The summed E-state index contributed by atoms with van der Waals surface area (Å²) in [4.78, 5) is 15.7. The molecule has 0 aliphatic carbocycles. The minimum Gasteiger partial charge on any atom is -0.267 e. The fourth-order valence-corrected chi connectivity index (χ4v) is 1.45. The van der Waals surface area contributed by atoms with Crippen molar-refractivity contribution in [3.05, 3.63) is 66.0 Å². The summed E-state index contributed by atoms with van der Waals surface area (Å²) in [5.74, 6) is -0.219. The van der Waals surface area contributed by atoms with E-state index >= 15 is 0 Å². The Morgan fingerprint density at radius 3 is 2.39 bits per heavy atom. The number of hydrogen-bond acceptors (Lipinski definition) is 3. The maximum atomic E-state index is 11.7. The van der Waals surface area contributed by atoms with Crippen LogP contribution < -0.4 is 5.43 Å². The number of nitrogens with one attached hydrogen (secondary N) is 1. The molecule has 1 heterocycles. The van der Waals surface area contributed by atoms with Gasteiger partial charge in [0.15, 0.2) is 0 Å². The molecule has 90 valence electrons. The number of carbonyl (C=O) groups excluding carboxylic acids is 1. The molecule has 0 saturated heterocycles. The van der Waals surface area contributed by atoms with Gasteiger partial charge in [-0.05, 0) is 31.2 Å². The zero-order valence-electron chi connectivity index (χ0n) is 10.00. The third kappa shape index (κ3) is 3.01. The molecule has 1 N–H and O–H groups in total. The highest BCUT2D eigenvalue weighted by atomic mass is 16.2. The van der Waals surface area contributed by atoms with Gasteiger partial charge in [-0.2, -0.15) is 5.10 Å². The van der Waals surface area contributed by atoms with E-state index in [9.17, 15) is 4.79 Å². The lowest BCUT2D eigenvalue weighted by molar-refractivity contribution is 0.0955. The first-order chi connectivity index (χ1) is 8.77. The Morgan fingerprint density at radius 2 is 1.72 bits per heavy atom. The van der Waals surface area contributed by atoms with Crippen LogP contribution in [0.1, 0.15) is 22.8 Å². The maximum absolute atomic E-state index is 11.7. The third-order valence-electron chi connectivity index (χ3n) is 2.46. The number of carbonyl (C=O) groups is 1. The summed E-state index contributed by atoms with van der Waals surface area (Å²) in [7, 11) is 0. The summed E-state index contributed by atoms with van der Waals surface area (Å²) in [6.45, 7) is 1.83. The van der Waals surface area contributed by atoms with E-state index in [2.05, 4.69) is 15.5 Å². The Bertz CT molecular complexity index is 550. The van der Waals surface area contributed by atoms with Crippen molar-refractivity contribution in [1.82, 2.24) is 10.4 Å². The summed E-state index contributed by atoms with van der Waals surface area (Å²) in [5.41, 5.74) is 4.78. The number of nitrogens with zero attached hydrogens (tertiary/aromatic N) is 2. The minimum absolute atomic E-state index is 0.219. The predicted octanol–water partition coefficient (Wildman–Crippen LogP) is 2.24. The molecule has 0 unspecified atom stereocenters. The molecule has 0 aliphatic rings. The van der Waals surface area contributed by atoms with Gasteiger partial charge in [0.25, 0.3) is 5.91 Å². The van der Waals surface area contributed by atoms with Gasteiger partial charge in [0.2, 0.25) is 0 Å². The average Bonchev–Trinajstić information content (AvgIpc) is 2.46. The van der Waals surface area contributed by atoms with E-state index in [1.54, 1.807) is 24.5 Å². The Hall–Kier alpha value is -2.49. The quantitative estimate of drug-likeness (QED) is 0.659. The average molecular weight is 239 g/mol. The van der Waals surface area contributed by atoms with Crippen molar-refractivity contribution in [3.8, 4) is 0 Å². The second-order valence-corrected chi connectivity index (χ2v) is 3.74. The van der Waals surface area contributed by atoms with E-state index in [1.165, 1.54) is 0 Å². The normalized spacial score (nSPS) is 11.1. The zero-order valence-corrected chi connectivity index (χ0v) is 10.00. The van der Waals surface area contributed by atoms with Crippen LogP contribution in [-0.4, -0.2) is 16.6 Å². The molecule has 2 aromatic rings. The topological polar surface area (TPSA) is 54.4 Å². The van der Waals surface area contributed by atoms with Gasteiger partial charge in [-0.1, -0.05) is 18.2 Å². The number of hydrazone groups is 1. The van der Waals surface area contributed by atoms with Crippen LogP contribution in [0.15, 0.2) is 60.0 Å². The van der Waals surface area contributed by atoms with Crippen LogP contribution in [0.25, 0.3) is 0 Å². The Morgan fingerprint density at radius 1 is 1.06 bits per heavy atom. The van der Waals surface area contributed by atoms with E-state index in [4.69, 9.17) is 0 Å². The fourth-order valence-electron chi connectivity index (χ4n) is 1.45. The highest BCUT2D eigenvalue weighted by molar-refractivity contribution is 6.00. The van der Waals surface area contributed by atoms with Crippen LogP contribution >= 0.6 is 0 Å². The van der Waals surface area contributed by atoms with E-state index in [0.717, 1.165) is 11.3 Å². The number of benzene rings is 1. The standard InChI is InChI=1S/C14H13N3O/c1-11(12-7-9-15-10-8-12)16-17-14(18)13-5-3-2-4-6-13/h2-10H,1H3,(H,17,18). The number of pyridine rings is 1. The molecule has 0 spiro atoms. The summed E-state index contributed by atoms with van der Waals surface area (Å²) in [5, 5.41) is 4.06. The van der Waals surface area contributed by atoms with Crippen LogP contribution in [0.2, 0.25) is 0 Å². The molecule has 0 aliphatic heterocycles. The predicted molar refractivity (Wildman–Crippen MR) is 70.4 cm³/mol. The van der Waals surface area contributed by atoms with Crippen LogP contribution in [0, 0.1) is 0 Å². The van der Waals surface area contributed by atoms with Crippen molar-refractivity contribution >= 4 is 11.6 Å². The highest BCUT2D eigenvalue weighted by Gasteiger charge is 2.03. The summed E-state index contributed by atoms with van der Waals surface area (Å²) in [6.07, 6.45) is 3.38. The zero-order chi connectivity index (χ0) is 12.8. The fraction of sp³-hybridized carbons (Fsp3) is 0.0714. The lowest BCUT2D eigenvalue weighted by Crippen LogP contribution is -2.19. The van der Waals surface area contributed by atoms with Gasteiger partial charge in [-0.25, -0.2) is 5.43 Å². The number of amides is 1. The Kier molecular flexibility index (Phi) is 3.81. The third-order valence-corrected chi connectivity index (χ3v) is 2.46.